The molecule has 0 unspecified atom stereocenters. The fourth-order valence-corrected chi connectivity index (χ4v) is 3.42. The van der Waals surface area contributed by atoms with Crippen LogP contribution in [0.4, 0.5) is 0 Å². The third-order valence-corrected chi connectivity index (χ3v) is 5.35. The molecule has 1 heterocycles. The molecule has 6 heteroatoms. The van der Waals surface area contributed by atoms with Crippen LogP contribution < -0.4 is 10.6 Å². The Hall–Kier alpha value is -1.31. The standard InChI is InChI=1S/C22H36N4O.HI/c1-4-18(5-2)16-25-22(23-6-3)24-14-9-12-21(27)26-15-13-19-10-7-8-11-20(19)17-26;/h7-8,10-11,18H,4-6,9,12-17H2,1-3H3,(H2,23,24,25);1H. The van der Waals surface area contributed by atoms with Crippen LogP contribution in [0.5, 0.6) is 0 Å². The Labute approximate surface area is 187 Å². The van der Waals surface area contributed by atoms with E-state index in [4.69, 9.17) is 0 Å². The topological polar surface area (TPSA) is 56.7 Å². The van der Waals surface area contributed by atoms with E-state index in [2.05, 4.69) is 60.7 Å². The summed E-state index contributed by atoms with van der Waals surface area (Å²) in [5.74, 6) is 1.76. The van der Waals surface area contributed by atoms with Crippen molar-refractivity contribution in [2.75, 3.05) is 26.2 Å². The van der Waals surface area contributed by atoms with Gasteiger partial charge in [0.1, 0.15) is 0 Å². The predicted octanol–water partition coefficient (Wildman–Crippen LogP) is 3.96. The Bertz CT molecular complexity index is 616. The molecular formula is C22H37IN4O. The van der Waals surface area contributed by atoms with Gasteiger partial charge in [-0.2, -0.15) is 0 Å². The van der Waals surface area contributed by atoms with E-state index in [1.165, 1.54) is 11.1 Å². The maximum atomic E-state index is 12.5. The lowest BCUT2D eigenvalue weighted by atomic mass is 9.99. The number of carbonyl (C=O) groups is 1. The second-order valence-electron chi connectivity index (χ2n) is 7.27. The number of hydrogen-bond donors (Lipinski definition) is 2. The molecule has 0 radical (unpaired) electrons. The summed E-state index contributed by atoms with van der Waals surface area (Å²) < 4.78 is 0. The SMILES string of the molecule is CCNC(=NCC(CC)CC)NCCCC(=O)N1CCc2ccccc2C1.I. The van der Waals surface area contributed by atoms with Crippen LogP contribution in [-0.4, -0.2) is 42.9 Å². The molecule has 2 rings (SSSR count). The number of nitrogens with zero attached hydrogens (tertiary/aromatic N) is 2. The summed E-state index contributed by atoms with van der Waals surface area (Å²) in [6.07, 6.45) is 4.70. The second-order valence-corrected chi connectivity index (χ2v) is 7.27. The largest absolute Gasteiger partial charge is 0.357 e. The molecule has 0 spiro atoms. The number of benzene rings is 1. The first-order valence-electron chi connectivity index (χ1n) is 10.5. The van der Waals surface area contributed by atoms with Crippen molar-refractivity contribution in [2.45, 2.75) is 59.4 Å². The van der Waals surface area contributed by atoms with E-state index in [0.29, 0.717) is 12.3 Å². The number of aliphatic imine (C=N–C) groups is 1. The zero-order chi connectivity index (χ0) is 19.5. The van der Waals surface area contributed by atoms with Crippen molar-refractivity contribution in [3.05, 3.63) is 35.4 Å². The van der Waals surface area contributed by atoms with Crippen LogP contribution in [0.2, 0.25) is 0 Å². The van der Waals surface area contributed by atoms with Crippen molar-refractivity contribution < 1.29 is 4.79 Å². The molecule has 158 valence electrons. The molecule has 0 fully saturated rings. The average Bonchev–Trinajstić information content (AvgIpc) is 2.71. The third-order valence-electron chi connectivity index (χ3n) is 5.35. The van der Waals surface area contributed by atoms with Crippen molar-refractivity contribution in [1.29, 1.82) is 0 Å². The number of nitrogens with one attached hydrogen (secondary N) is 2. The quantitative estimate of drug-likeness (QED) is 0.234. The van der Waals surface area contributed by atoms with Crippen molar-refractivity contribution in [1.82, 2.24) is 15.5 Å². The minimum Gasteiger partial charge on any atom is -0.357 e. The van der Waals surface area contributed by atoms with Gasteiger partial charge in [0.25, 0.3) is 0 Å². The second kappa shape index (κ2) is 13.8. The van der Waals surface area contributed by atoms with Crippen LogP contribution in [0, 0.1) is 5.92 Å². The Morgan fingerprint density at radius 1 is 1.14 bits per heavy atom. The van der Waals surface area contributed by atoms with Gasteiger partial charge in [-0.25, -0.2) is 0 Å². The molecule has 0 aliphatic carbocycles. The van der Waals surface area contributed by atoms with Gasteiger partial charge in [0, 0.05) is 39.1 Å². The van der Waals surface area contributed by atoms with E-state index >= 15 is 0 Å². The van der Waals surface area contributed by atoms with Gasteiger partial charge < -0.3 is 15.5 Å². The van der Waals surface area contributed by atoms with Crippen LogP contribution in [0.1, 0.15) is 57.6 Å². The van der Waals surface area contributed by atoms with Gasteiger partial charge in [0.2, 0.25) is 5.91 Å². The minimum absolute atomic E-state index is 0. The number of rotatable bonds is 9. The number of amides is 1. The zero-order valence-corrected chi connectivity index (χ0v) is 20.0. The summed E-state index contributed by atoms with van der Waals surface area (Å²) in [7, 11) is 0. The van der Waals surface area contributed by atoms with Crippen LogP contribution in [0.15, 0.2) is 29.3 Å². The molecule has 0 saturated carbocycles. The van der Waals surface area contributed by atoms with Gasteiger partial charge in [-0.05, 0) is 36.8 Å². The van der Waals surface area contributed by atoms with E-state index in [-0.39, 0.29) is 29.9 Å². The van der Waals surface area contributed by atoms with E-state index in [0.717, 1.165) is 64.4 Å². The van der Waals surface area contributed by atoms with Crippen LogP contribution in [0.3, 0.4) is 0 Å². The van der Waals surface area contributed by atoms with Gasteiger partial charge in [0.05, 0.1) is 0 Å². The summed E-state index contributed by atoms with van der Waals surface area (Å²) in [5.41, 5.74) is 2.67. The molecule has 1 aromatic rings. The predicted molar refractivity (Wildman–Crippen MR) is 128 cm³/mol. The number of fused-ring (bicyclic) bond motifs is 1. The fraction of sp³-hybridized carbons (Fsp3) is 0.636. The number of carbonyl (C=O) groups excluding carboxylic acids is 1. The average molecular weight is 500 g/mol. The molecule has 0 bridgehead atoms. The van der Waals surface area contributed by atoms with E-state index < -0.39 is 0 Å². The van der Waals surface area contributed by atoms with Crippen LogP contribution >= 0.6 is 24.0 Å². The maximum absolute atomic E-state index is 12.5. The van der Waals surface area contributed by atoms with Gasteiger partial charge in [-0.1, -0.05) is 51.0 Å². The Morgan fingerprint density at radius 3 is 2.54 bits per heavy atom. The molecule has 28 heavy (non-hydrogen) atoms. The molecule has 0 saturated heterocycles. The first-order chi connectivity index (χ1) is 13.2. The van der Waals surface area contributed by atoms with Gasteiger partial charge >= 0.3 is 0 Å². The first-order valence-corrected chi connectivity index (χ1v) is 10.5. The molecule has 1 aromatic carbocycles. The Balaban J connectivity index is 0.00000392. The van der Waals surface area contributed by atoms with Crippen LogP contribution in [0.25, 0.3) is 0 Å². The molecule has 0 aromatic heterocycles. The summed E-state index contributed by atoms with van der Waals surface area (Å²) in [6.45, 7) is 10.6. The lowest BCUT2D eigenvalue weighted by molar-refractivity contribution is -0.132. The minimum atomic E-state index is 0. The van der Waals surface area contributed by atoms with E-state index in [1.807, 2.05) is 4.90 Å². The molecule has 1 amide bonds. The normalized spacial score (nSPS) is 13.7. The first kappa shape index (κ1) is 24.7. The summed E-state index contributed by atoms with van der Waals surface area (Å²) in [6, 6.07) is 8.44. The third kappa shape index (κ3) is 7.97. The number of halogens is 1. The van der Waals surface area contributed by atoms with Gasteiger partial charge in [-0.3, -0.25) is 9.79 Å². The highest BCUT2D eigenvalue weighted by Gasteiger charge is 2.19. The molecular weight excluding hydrogens is 463 g/mol. The molecule has 0 atom stereocenters. The van der Waals surface area contributed by atoms with Gasteiger partial charge in [0.15, 0.2) is 5.96 Å². The Kier molecular flexibility index (Phi) is 12.2. The number of hydrogen-bond acceptors (Lipinski definition) is 2. The zero-order valence-electron chi connectivity index (χ0n) is 17.7. The van der Waals surface area contributed by atoms with E-state index in [9.17, 15) is 4.79 Å². The molecule has 1 aliphatic heterocycles. The Morgan fingerprint density at radius 2 is 1.86 bits per heavy atom. The molecule has 2 N–H and O–H groups in total. The summed E-state index contributed by atoms with van der Waals surface area (Å²) in [4.78, 5) is 19.2. The van der Waals surface area contributed by atoms with Gasteiger partial charge in [-0.15, -0.1) is 24.0 Å². The van der Waals surface area contributed by atoms with Crippen molar-refractivity contribution in [3.8, 4) is 0 Å². The lowest BCUT2D eigenvalue weighted by Gasteiger charge is -2.29. The van der Waals surface area contributed by atoms with Crippen LogP contribution in [-0.2, 0) is 17.8 Å². The summed E-state index contributed by atoms with van der Waals surface area (Å²) in [5, 5.41) is 6.66. The monoisotopic (exact) mass is 500 g/mol. The summed E-state index contributed by atoms with van der Waals surface area (Å²) >= 11 is 0. The smallest absolute Gasteiger partial charge is 0.222 e. The molecule has 1 aliphatic rings. The highest BCUT2D eigenvalue weighted by Crippen LogP contribution is 2.19. The fourth-order valence-electron chi connectivity index (χ4n) is 3.42. The van der Waals surface area contributed by atoms with Crippen molar-refractivity contribution in [2.24, 2.45) is 10.9 Å². The van der Waals surface area contributed by atoms with E-state index in [1.54, 1.807) is 0 Å². The molecule has 5 nitrogen and oxygen atoms in total. The highest BCUT2D eigenvalue weighted by atomic mass is 127. The van der Waals surface area contributed by atoms with Crippen molar-refractivity contribution in [3.63, 3.8) is 0 Å². The highest BCUT2D eigenvalue weighted by molar-refractivity contribution is 14.0. The van der Waals surface area contributed by atoms with Crippen molar-refractivity contribution >= 4 is 35.8 Å². The maximum Gasteiger partial charge on any atom is 0.222 e. The number of guanidine groups is 1. The lowest BCUT2D eigenvalue weighted by Crippen LogP contribution is -2.39.